The molecular weight excluding hydrogens is 222 g/mol. The Balaban J connectivity index is 1.94. The van der Waals surface area contributed by atoms with Crippen molar-refractivity contribution < 1.29 is 4.52 Å². The fraction of sp³-hybridized carbons (Fsp3) is 0.222. The third kappa shape index (κ3) is 1.69. The Kier molecular flexibility index (Phi) is 2.18. The molecule has 3 rings (SSSR count). The maximum atomic E-state index is 5.09. The Morgan fingerprint density at radius 1 is 1.41 bits per heavy atom. The van der Waals surface area contributed by atoms with Crippen LogP contribution in [0.3, 0.4) is 0 Å². The maximum absolute atomic E-state index is 5.09. The van der Waals surface area contributed by atoms with Gasteiger partial charge in [0.2, 0.25) is 0 Å². The summed E-state index contributed by atoms with van der Waals surface area (Å²) >= 11 is 0. The predicted molar refractivity (Wildman–Crippen MR) is 56.2 cm³/mol. The summed E-state index contributed by atoms with van der Waals surface area (Å²) in [5, 5.41) is 10.4. The van der Waals surface area contributed by atoms with Crippen LogP contribution < -0.4 is 0 Å². The quantitative estimate of drug-likeness (QED) is 0.708. The molecule has 0 aliphatic rings. The van der Waals surface area contributed by atoms with Crippen LogP contribution in [0.15, 0.2) is 23.4 Å². The zero-order valence-corrected chi connectivity index (χ0v) is 9.03. The SMILES string of the molecule is CCc1noc(-c2cn(-c3nc[nH]n3)cn2)n1. The molecule has 0 saturated heterocycles. The van der Waals surface area contributed by atoms with Crippen molar-refractivity contribution in [3.8, 4) is 17.5 Å². The van der Waals surface area contributed by atoms with Crippen molar-refractivity contribution in [1.29, 1.82) is 0 Å². The van der Waals surface area contributed by atoms with Gasteiger partial charge in [-0.1, -0.05) is 12.1 Å². The summed E-state index contributed by atoms with van der Waals surface area (Å²) in [5.41, 5.74) is 0.599. The Labute approximate surface area is 95.7 Å². The lowest BCUT2D eigenvalue weighted by atomic mass is 10.4. The molecule has 0 unspecified atom stereocenters. The standard InChI is InChI=1S/C9H9N7O/c1-2-7-13-8(17-15-7)6-3-16(5-11-6)9-10-4-12-14-9/h3-5H,2H2,1H3,(H,10,12,14). The average molecular weight is 231 g/mol. The first kappa shape index (κ1) is 9.70. The van der Waals surface area contributed by atoms with Crippen molar-refractivity contribution >= 4 is 0 Å². The van der Waals surface area contributed by atoms with Crippen molar-refractivity contribution in [2.24, 2.45) is 0 Å². The van der Waals surface area contributed by atoms with E-state index >= 15 is 0 Å². The molecule has 86 valence electrons. The lowest BCUT2D eigenvalue weighted by Crippen LogP contribution is -1.91. The highest BCUT2D eigenvalue weighted by molar-refractivity contribution is 5.45. The molecule has 8 nitrogen and oxygen atoms in total. The third-order valence-electron chi connectivity index (χ3n) is 2.22. The van der Waals surface area contributed by atoms with E-state index in [0.29, 0.717) is 23.4 Å². The van der Waals surface area contributed by atoms with Crippen LogP contribution in [-0.4, -0.2) is 34.9 Å². The highest BCUT2D eigenvalue weighted by Crippen LogP contribution is 2.15. The number of hydrogen-bond donors (Lipinski definition) is 1. The van der Waals surface area contributed by atoms with E-state index in [1.807, 2.05) is 6.92 Å². The van der Waals surface area contributed by atoms with E-state index in [1.54, 1.807) is 17.1 Å². The van der Waals surface area contributed by atoms with Gasteiger partial charge in [-0.15, -0.1) is 5.10 Å². The molecular formula is C9H9N7O. The first-order valence-electron chi connectivity index (χ1n) is 5.10. The highest BCUT2D eigenvalue weighted by Gasteiger charge is 2.11. The fourth-order valence-corrected chi connectivity index (χ4v) is 1.37. The smallest absolute Gasteiger partial charge is 0.278 e. The van der Waals surface area contributed by atoms with Crippen molar-refractivity contribution in [3.05, 3.63) is 24.7 Å². The molecule has 3 aromatic rings. The lowest BCUT2D eigenvalue weighted by Gasteiger charge is -1.89. The summed E-state index contributed by atoms with van der Waals surface area (Å²) in [6.07, 6.45) is 5.55. The number of aryl methyl sites for hydroxylation is 1. The van der Waals surface area contributed by atoms with Crippen LogP contribution in [0.1, 0.15) is 12.7 Å². The minimum Gasteiger partial charge on any atom is -0.332 e. The number of H-pyrrole nitrogens is 1. The topological polar surface area (TPSA) is 98.3 Å². The van der Waals surface area contributed by atoms with E-state index < -0.39 is 0 Å². The van der Waals surface area contributed by atoms with E-state index in [-0.39, 0.29) is 0 Å². The minimum atomic E-state index is 0.399. The second-order valence-corrected chi connectivity index (χ2v) is 3.33. The van der Waals surface area contributed by atoms with Crippen LogP contribution in [0, 0.1) is 0 Å². The molecule has 0 saturated carbocycles. The zero-order valence-electron chi connectivity index (χ0n) is 9.03. The van der Waals surface area contributed by atoms with E-state index in [9.17, 15) is 0 Å². The van der Waals surface area contributed by atoms with Gasteiger partial charge in [0.05, 0.1) is 0 Å². The van der Waals surface area contributed by atoms with Crippen molar-refractivity contribution in [3.63, 3.8) is 0 Å². The van der Waals surface area contributed by atoms with Crippen LogP contribution in [-0.2, 0) is 6.42 Å². The maximum Gasteiger partial charge on any atom is 0.278 e. The minimum absolute atomic E-state index is 0.399. The monoisotopic (exact) mass is 231 g/mol. The normalized spacial score (nSPS) is 10.9. The van der Waals surface area contributed by atoms with Gasteiger partial charge < -0.3 is 4.52 Å². The Morgan fingerprint density at radius 2 is 2.35 bits per heavy atom. The van der Waals surface area contributed by atoms with Gasteiger partial charge in [0.15, 0.2) is 5.82 Å². The fourth-order valence-electron chi connectivity index (χ4n) is 1.37. The van der Waals surface area contributed by atoms with Crippen molar-refractivity contribution in [1.82, 2.24) is 34.9 Å². The molecule has 0 radical (unpaired) electrons. The second kappa shape index (κ2) is 3.81. The van der Waals surface area contributed by atoms with Gasteiger partial charge in [-0.2, -0.15) is 4.98 Å². The van der Waals surface area contributed by atoms with Crippen molar-refractivity contribution in [2.45, 2.75) is 13.3 Å². The van der Waals surface area contributed by atoms with Crippen LogP contribution in [0.5, 0.6) is 0 Å². The number of imidazole rings is 1. The molecule has 0 amide bonds. The predicted octanol–water partition coefficient (Wildman–Crippen LogP) is 0.603. The van der Waals surface area contributed by atoms with E-state index in [4.69, 9.17) is 4.52 Å². The molecule has 17 heavy (non-hydrogen) atoms. The summed E-state index contributed by atoms with van der Waals surface area (Å²) in [7, 11) is 0. The van der Waals surface area contributed by atoms with E-state index in [0.717, 1.165) is 6.42 Å². The molecule has 0 aliphatic heterocycles. The Bertz CT molecular complexity index is 609. The number of aromatic amines is 1. The molecule has 0 bridgehead atoms. The molecule has 0 aromatic carbocycles. The van der Waals surface area contributed by atoms with Gasteiger partial charge in [0.25, 0.3) is 11.8 Å². The molecule has 8 heteroatoms. The Hall–Kier alpha value is -2.51. The van der Waals surface area contributed by atoms with Gasteiger partial charge in [0, 0.05) is 12.6 Å². The largest absolute Gasteiger partial charge is 0.332 e. The molecule has 0 atom stereocenters. The Morgan fingerprint density at radius 3 is 3.06 bits per heavy atom. The molecule has 3 heterocycles. The molecule has 1 N–H and O–H groups in total. The van der Waals surface area contributed by atoms with E-state index in [1.165, 1.54) is 6.33 Å². The number of nitrogens with zero attached hydrogens (tertiary/aromatic N) is 6. The van der Waals surface area contributed by atoms with Gasteiger partial charge in [-0.3, -0.25) is 9.67 Å². The summed E-state index contributed by atoms with van der Waals surface area (Å²) in [4.78, 5) is 12.4. The summed E-state index contributed by atoms with van der Waals surface area (Å²) < 4.78 is 6.75. The first-order valence-corrected chi connectivity index (χ1v) is 5.10. The molecule has 3 aromatic heterocycles. The number of hydrogen-bond acceptors (Lipinski definition) is 6. The van der Waals surface area contributed by atoms with Gasteiger partial charge in [0.1, 0.15) is 18.3 Å². The third-order valence-corrected chi connectivity index (χ3v) is 2.22. The summed E-state index contributed by atoms with van der Waals surface area (Å²) in [6, 6.07) is 0. The van der Waals surface area contributed by atoms with Gasteiger partial charge in [-0.25, -0.2) is 9.97 Å². The van der Waals surface area contributed by atoms with Gasteiger partial charge in [-0.05, 0) is 0 Å². The number of nitrogens with one attached hydrogen (secondary N) is 1. The number of aromatic nitrogens is 7. The molecule has 0 spiro atoms. The van der Waals surface area contributed by atoms with Crippen LogP contribution in [0.4, 0.5) is 0 Å². The van der Waals surface area contributed by atoms with Gasteiger partial charge >= 0.3 is 0 Å². The molecule has 0 fully saturated rings. The van der Waals surface area contributed by atoms with E-state index in [2.05, 4.69) is 30.3 Å². The molecule has 0 aliphatic carbocycles. The number of rotatable bonds is 3. The van der Waals surface area contributed by atoms with Crippen LogP contribution in [0.25, 0.3) is 17.5 Å². The average Bonchev–Trinajstić information content (AvgIpc) is 3.09. The van der Waals surface area contributed by atoms with Crippen molar-refractivity contribution in [2.75, 3.05) is 0 Å². The van der Waals surface area contributed by atoms with Crippen LogP contribution in [0.2, 0.25) is 0 Å². The first-order chi connectivity index (χ1) is 8.36. The highest BCUT2D eigenvalue weighted by atomic mass is 16.5. The zero-order chi connectivity index (χ0) is 11.7. The second-order valence-electron chi connectivity index (χ2n) is 3.33. The summed E-state index contributed by atoms with van der Waals surface area (Å²) in [5.74, 6) is 1.57. The lowest BCUT2D eigenvalue weighted by molar-refractivity contribution is 0.422. The van der Waals surface area contributed by atoms with Crippen LogP contribution >= 0.6 is 0 Å². The summed E-state index contributed by atoms with van der Waals surface area (Å²) in [6.45, 7) is 1.96.